The number of pyridine rings is 1. The number of hydrogen-bond acceptors (Lipinski definition) is 6. The summed E-state index contributed by atoms with van der Waals surface area (Å²) < 4.78 is 5.77. The molecule has 0 atom stereocenters. The van der Waals surface area contributed by atoms with Crippen LogP contribution < -0.4 is 10.2 Å². The Kier molecular flexibility index (Phi) is 5.73. The minimum Gasteiger partial charge on any atom is -0.489 e. The molecule has 7 heteroatoms. The van der Waals surface area contributed by atoms with E-state index in [0.717, 1.165) is 16.9 Å². The highest BCUT2D eigenvalue weighted by molar-refractivity contribution is 5.80. The van der Waals surface area contributed by atoms with Crippen LogP contribution >= 0.6 is 0 Å². The molecular weight excluding hydrogens is 344 g/mol. The molecule has 0 amide bonds. The maximum absolute atomic E-state index is 10.6. The molecule has 2 aromatic carbocycles. The molecule has 0 saturated heterocycles. The lowest BCUT2D eigenvalue weighted by Crippen LogP contribution is -1.96. The van der Waals surface area contributed by atoms with Crippen LogP contribution in [0.25, 0.3) is 0 Å². The van der Waals surface area contributed by atoms with Crippen molar-refractivity contribution in [2.75, 3.05) is 5.43 Å². The third kappa shape index (κ3) is 5.37. The van der Waals surface area contributed by atoms with E-state index in [1.807, 2.05) is 36.4 Å². The van der Waals surface area contributed by atoms with Gasteiger partial charge in [0, 0.05) is 6.07 Å². The number of benzene rings is 2. The van der Waals surface area contributed by atoms with E-state index < -0.39 is 4.92 Å². The molecule has 0 aliphatic rings. The van der Waals surface area contributed by atoms with Crippen LogP contribution in [0.1, 0.15) is 16.7 Å². The molecule has 0 saturated carbocycles. The summed E-state index contributed by atoms with van der Waals surface area (Å²) in [6.07, 6.45) is 2.81. The minimum absolute atomic E-state index is 0.0641. The number of anilines is 1. The lowest BCUT2D eigenvalue weighted by molar-refractivity contribution is -0.385. The fourth-order valence-corrected chi connectivity index (χ4v) is 2.23. The summed E-state index contributed by atoms with van der Waals surface area (Å²) in [6, 6.07) is 18.6. The van der Waals surface area contributed by atoms with Crippen molar-refractivity contribution < 1.29 is 9.66 Å². The Labute approximate surface area is 156 Å². The average molecular weight is 362 g/mol. The van der Waals surface area contributed by atoms with Crippen molar-refractivity contribution in [3.63, 3.8) is 0 Å². The lowest BCUT2D eigenvalue weighted by atomic mass is 10.2. The zero-order valence-electron chi connectivity index (χ0n) is 14.7. The molecule has 1 N–H and O–H groups in total. The number of hydrazone groups is 1. The Morgan fingerprint density at radius 3 is 2.48 bits per heavy atom. The second-order valence-electron chi connectivity index (χ2n) is 5.87. The Hall–Kier alpha value is -3.74. The van der Waals surface area contributed by atoms with Crippen molar-refractivity contribution in [1.29, 1.82) is 0 Å². The summed E-state index contributed by atoms with van der Waals surface area (Å²) in [5.74, 6) is 1.20. The molecular formula is C20H18N4O3. The molecule has 0 unspecified atom stereocenters. The van der Waals surface area contributed by atoms with E-state index in [1.54, 1.807) is 6.21 Å². The highest BCUT2D eigenvalue weighted by Crippen LogP contribution is 2.14. The van der Waals surface area contributed by atoms with Crippen LogP contribution in [0.4, 0.5) is 11.5 Å². The number of aromatic nitrogens is 1. The topological polar surface area (TPSA) is 89.6 Å². The first kappa shape index (κ1) is 18.1. The van der Waals surface area contributed by atoms with Gasteiger partial charge in [0.15, 0.2) is 0 Å². The van der Waals surface area contributed by atoms with Gasteiger partial charge in [-0.2, -0.15) is 5.10 Å². The van der Waals surface area contributed by atoms with Gasteiger partial charge in [-0.1, -0.05) is 29.8 Å². The van der Waals surface area contributed by atoms with E-state index in [2.05, 4.69) is 34.6 Å². The summed E-state index contributed by atoms with van der Waals surface area (Å²) in [5.41, 5.74) is 5.89. The molecule has 3 aromatic rings. The third-order valence-electron chi connectivity index (χ3n) is 3.76. The fraction of sp³-hybridized carbons (Fsp3) is 0.100. The maximum atomic E-state index is 10.6. The molecule has 136 valence electrons. The van der Waals surface area contributed by atoms with Crippen molar-refractivity contribution in [3.05, 3.63) is 93.7 Å². The predicted molar refractivity (Wildman–Crippen MR) is 104 cm³/mol. The number of ether oxygens (including phenoxy) is 1. The second kappa shape index (κ2) is 8.57. The third-order valence-corrected chi connectivity index (χ3v) is 3.76. The van der Waals surface area contributed by atoms with Crippen LogP contribution in [-0.2, 0) is 6.61 Å². The molecule has 0 aliphatic heterocycles. The van der Waals surface area contributed by atoms with E-state index in [9.17, 15) is 10.1 Å². The second-order valence-corrected chi connectivity index (χ2v) is 5.87. The van der Waals surface area contributed by atoms with Crippen molar-refractivity contribution in [1.82, 2.24) is 4.98 Å². The first-order valence-electron chi connectivity index (χ1n) is 8.28. The average Bonchev–Trinajstić information content (AvgIpc) is 2.69. The summed E-state index contributed by atoms with van der Waals surface area (Å²) in [4.78, 5) is 14.0. The Morgan fingerprint density at radius 2 is 1.85 bits per heavy atom. The van der Waals surface area contributed by atoms with Gasteiger partial charge in [-0.15, -0.1) is 0 Å². The van der Waals surface area contributed by atoms with Gasteiger partial charge in [-0.25, -0.2) is 4.98 Å². The molecule has 0 aliphatic carbocycles. The molecule has 7 nitrogen and oxygen atoms in total. The molecule has 1 aromatic heterocycles. The minimum atomic E-state index is -0.498. The number of hydrogen-bond donors (Lipinski definition) is 1. The molecule has 0 radical (unpaired) electrons. The van der Waals surface area contributed by atoms with Gasteiger partial charge >= 0.3 is 0 Å². The van der Waals surface area contributed by atoms with Gasteiger partial charge in [-0.3, -0.25) is 15.5 Å². The zero-order valence-corrected chi connectivity index (χ0v) is 14.7. The Morgan fingerprint density at radius 1 is 1.11 bits per heavy atom. The van der Waals surface area contributed by atoms with Crippen molar-refractivity contribution in [2.45, 2.75) is 13.5 Å². The van der Waals surface area contributed by atoms with E-state index in [-0.39, 0.29) is 5.69 Å². The molecule has 0 spiro atoms. The predicted octanol–water partition coefficient (Wildman–Crippen LogP) is 4.32. The highest BCUT2D eigenvalue weighted by Gasteiger charge is 2.04. The van der Waals surface area contributed by atoms with Gasteiger partial charge in [-0.05, 0) is 48.4 Å². The molecule has 27 heavy (non-hydrogen) atoms. The first-order chi connectivity index (χ1) is 13.1. The standard InChI is InChI=1S/C20H18N4O3/c1-15-2-4-17(5-3-15)14-27-19-9-6-16(7-10-19)12-22-23-20-11-8-18(13-21-20)24(25)26/h2-13H,14H2,1H3,(H,21,23)/b22-12+. The summed E-state index contributed by atoms with van der Waals surface area (Å²) in [6.45, 7) is 2.57. The number of nitrogens with zero attached hydrogens (tertiary/aromatic N) is 3. The normalized spacial score (nSPS) is 10.7. The molecule has 0 bridgehead atoms. The molecule has 3 rings (SSSR count). The Bertz CT molecular complexity index is 921. The van der Waals surface area contributed by atoms with Crippen LogP contribution in [0, 0.1) is 17.0 Å². The monoisotopic (exact) mass is 362 g/mol. The largest absolute Gasteiger partial charge is 0.489 e. The SMILES string of the molecule is Cc1ccc(COc2ccc(/C=N/Nc3ccc([N+](=O)[O-])cn3)cc2)cc1. The Balaban J connectivity index is 1.51. The lowest BCUT2D eigenvalue weighted by Gasteiger charge is -2.06. The smallest absolute Gasteiger partial charge is 0.287 e. The van der Waals surface area contributed by atoms with Gasteiger partial charge in [0.05, 0.1) is 11.1 Å². The number of aryl methyl sites for hydroxylation is 1. The quantitative estimate of drug-likeness (QED) is 0.384. The maximum Gasteiger partial charge on any atom is 0.287 e. The van der Waals surface area contributed by atoms with Crippen LogP contribution in [-0.4, -0.2) is 16.1 Å². The summed E-state index contributed by atoms with van der Waals surface area (Å²) >= 11 is 0. The van der Waals surface area contributed by atoms with Crippen LogP contribution in [0.3, 0.4) is 0 Å². The molecule has 0 fully saturated rings. The highest BCUT2D eigenvalue weighted by atomic mass is 16.6. The summed E-state index contributed by atoms with van der Waals surface area (Å²) in [7, 11) is 0. The molecule has 1 heterocycles. The van der Waals surface area contributed by atoms with Crippen molar-refractivity contribution in [2.24, 2.45) is 5.10 Å². The van der Waals surface area contributed by atoms with E-state index in [1.165, 1.54) is 23.9 Å². The zero-order chi connectivity index (χ0) is 19.1. The van der Waals surface area contributed by atoms with Crippen molar-refractivity contribution in [3.8, 4) is 5.75 Å². The fourth-order valence-electron chi connectivity index (χ4n) is 2.23. The number of nitrogens with one attached hydrogen (secondary N) is 1. The van der Waals surface area contributed by atoms with Gasteiger partial charge in [0.2, 0.25) is 0 Å². The van der Waals surface area contributed by atoms with Crippen molar-refractivity contribution >= 4 is 17.7 Å². The van der Waals surface area contributed by atoms with Crippen LogP contribution in [0.2, 0.25) is 0 Å². The first-order valence-corrected chi connectivity index (χ1v) is 8.28. The van der Waals surface area contributed by atoms with Crippen LogP contribution in [0.5, 0.6) is 5.75 Å². The van der Waals surface area contributed by atoms with E-state index in [0.29, 0.717) is 12.4 Å². The van der Waals surface area contributed by atoms with Crippen LogP contribution in [0.15, 0.2) is 72.0 Å². The van der Waals surface area contributed by atoms with E-state index >= 15 is 0 Å². The van der Waals surface area contributed by atoms with Gasteiger partial charge in [0.1, 0.15) is 24.4 Å². The van der Waals surface area contributed by atoms with Gasteiger partial charge in [0.25, 0.3) is 5.69 Å². The van der Waals surface area contributed by atoms with Gasteiger partial charge < -0.3 is 4.74 Å². The summed E-state index contributed by atoms with van der Waals surface area (Å²) in [5, 5.41) is 14.7. The van der Waals surface area contributed by atoms with E-state index in [4.69, 9.17) is 4.74 Å². The number of nitro groups is 1. The number of rotatable bonds is 7.